The van der Waals surface area contributed by atoms with Gasteiger partial charge in [0.25, 0.3) is 0 Å². The van der Waals surface area contributed by atoms with Crippen molar-refractivity contribution in [2.24, 2.45) is 0 Å². The van der Waals surface area contributed by atoms with Crippen LogP contribution >= 0.6 is 0 Å². The van der Waals surface area contributed by atoms with Crippen LogP contribution in [0.3, 0.4) is 0 Å². The molecule has 0 aromatic carbocycles. The van der Waals surface area contributed by atoms with Gasteiger partial charge in [-0.2, -0.15) is 5.48 Å². The van der Waals surface area contributed by atoms with E-state index in [1.165, 1.54) is 24.2 Å². The van der Waals surface area contributed by atoms with Crippen LogP contribution in [0.4, 0.5) is 0 Å². The van der Waals surface area contributed by atoms with Gasteiger partial charge in [0.15, 0.2) is 0 Å². The van der Waals surface area contributed by atoms with Crippen molar-refractivity contribution in [1.82, 2.24) is 5.48 Å². The molecule has 1 aliphatic carbocycles. The normalized spacial score (nSPS) is 15.1. The van der Waals surface area contributed by atoms with Gasteiger partial charge in [-0.25, -0.2) is 0 Å². The van der Waals surface area contributed by atoms with E-state index in [-0.39, 0.29) is 0 Å². The average Bonchev–Trinajstić information content (AvgIpc) is 2.58. The van der Waals surface area contributed by atoms with E-state index in [1.54, 1.807) is 7.11 Å². The molecule has 3 heteroatoms. The van der Waals surface area contributed by atoms with E-state index >= 15 is 0 Å². The highest BCUT2D eigenvalue weighted by Gasteiger charge is 2.15. The molecular formula is C9H13NO2. The number of aryl methyl sites for hydroxylation is 2. The van der Waals surface area contributed by atoms with Gasteiger partial charge in [-0.1, -0.05) is 0 Å². The van der Waals surface area contributed by atoms with E-state index in [2.05, 4.69) is 11.5 Å². The number of hydrogen-bond acceptors (Lipinski definition) is 3. The Morgan fingerprint density at radius 3 is 3.25 bits per heavy atom. The van der Waals surface area contributed by atoms with Gasteiger partial charge in [-0.05, 0) is 24.5 Å². The van der Waals surface area contributed by atoms with E-state index in [4.69, 9.17) is 9.25 Å². The third-order valence-corrected chi connectivity index (χ3v) is 2.19. The smallest absolute Gasteiger partial charge is 0.120 e. The fourth-order valence-corrected chi connectivity index (χ4v) is 1.62. The van der Waals surface area contributed by atoms with Gasteiger partial charge in [0.1, 0.15) is 11.5 Å². The topological polar surface area (TPSA) is 34.4 Å². The molecule has 0 aliphatic heterocycles. The van der Waals surface area contributed by atoms with E-state index in [0.29, 0.717) is 6.54 Å². The van der Waals surface area contributed by atoms with E-state index in [0.717, 1.165) is 12.2 Å². The molecule has 66 valence electrons. The minimum Gasteiger partial charge on any atom is -0.464 e. The second-order valence-corrected chi connectivity index (χ2v) is 3.04. The molecular weight excluding hydrogens is 154 g/mol. The molecule has 3 nitrogen and oxygen atoms in total. The maximum absolute atomic E-state index is 5.59. The molecule has 0 radical (unpaired) electrons. The zero-order valence-electron chi connectivity index (χ0n) is 7.22. The van der Waals surface area contributed by atoms with Gasteiger partial charge >= 0.3 is 0 Å². The van der Waals surface area contributed by atoms with Crippen molar-refractivity contribution in [3.63, 3.8) is 0 Å². The van der Waals surface area contributed by atoms with Gasteiger partial charge in [-0.3, -0.25) is 0 Å². The molecule has 0 saturated heterocycles. The minimum absolute atomic E-state index is 0.656. The van der Waals surface area contributed by atoms with Crippen molar-refractivity contribution in [3.8, 4) is 0 Å². The Labute approximate surface area is 71.7 Å². The van der Waals surface area contributed by atoms with Gasteiger partial charge in [0, 0.05) is 6.42 Å². The second-order valence-electron chi connectivity index (χ2n) is 3.04. The first kappa shape index (κ1) is 7.83. The Balaban J connectivity index is 2.05. The zero-order valence-corrected chi connectivity index (χ0v) is 7.22. The standard InChI is InChI=1S/C9H13NO2/c1-11-10-6-8-5-7-3-2-4-9(7)12-8/h5,10H,2-4,6H2,1H3. The van der Waals surface area contributed by atoms with Crippen molar-refractivity contribution in [3.05, 3.63) is 23.2 Å². The molecule has 0 amide bonds. The molecule has 0 spiro atoms. The molecule has 1 aliphatic rings. The molecule has 12 heavy (non-hydrogen) atoms. The van der Waals surface area contributed by atoms with Crippen molar-refractivity contribution in [2.45, 2.75) is 25.8 Å². The Kier molecular flexibility index (Phi) is 2.15. The summed E-state index contributed by atoms with van der Waals surface area (Å²) in [5, 5.41) is 0. The van der Waals surface area contributed by atoms with Crippen LogP contribution in [0.1, 0.15) is 23.5 Å². The lowest BCUT2D eigenvalue weighted by atomic mass is 10.2. The number of fused-ring (bicyclic) bond motifs is 1. The summed E-state index contributed by atoms with van der Waals surface area (Å²) in [6.07, 6.45) is 3.51. The molecule has 0 bridgehead atoms. The molecule has 1 aromatic heterocycles. The van der Waals surface area contributed by atoms with Crippen LogP contribution in [0, 0.1) is 0 Å². The molecule has 2 rings (SSSR count). The summed E-state index contributed by atoms with van der Waals surface area (Å²) in [5.41, 5.74) is 4.14. The first-order valence-corrected chi connectivity index (χ1v) is 4.26. The van der Waals surface area contributed by atoms with Crippen LogP contribution in [0.25, 0.3) is 0 Å². The third-order valence-electron chi connectivity index (χ3n) is 2.19. The molecule has 1 N–H and O–H groups in total. The SMILES string of the molecule is CONCc1cc2c(o1)CCC2. The maximum Gasteiger partial charge on any atom is 0.120 e. The Morgan fingerprint density at radius 2 is 2.50 bits per heavy atom. The lowest BCUT2D eigenvalue weighted by Gasteiger charge is -1.96. The van der Waals surface area contributed by atoms with Crippen LogP contribution in [0.15, 0.2) is 10.5 Å². The van der Waals surface area contributed by atoms with E-state index < -0.39 is 0 Å². The van der Waals surface area contributed by atoms with Gasteiger partial charge in [-0.15, -0.1) is 0 Å². The lowest BCUT2D eigenvalue weighted by Crippen LogP contribution is -2.09. The van der Waals surface area contributed by atoms with Crippen molar-refractivity contribution < 1.29 is 9.25 Å². The summed E-state index contributed by atoms with van der Waals surface area (Å²) in [4.78, 5) is 4.74. The predicted octanol–water partition coefficient (Wildman–Crippen LogP) is 1.42. The molecule has 0 fully saturated rings. The van der Waals surface area contributed by atoms with Crippen LogP contribution < -0.4 is 5.48 Å². The number of rotatable bonds is 3. The summed E-state index contributed by atoms with van der Waals surface area (Å²) in [6, 6.07) is 2.12. The molecule has 0 saturated carbocycles. The second kappa shape index (κ2) is 3.29. The number of nitrogens with one attached hydrogen (secondary N) is 1. The van der Waals surface area contributed by atoms with Crippen LogP contribution in [0.5, 0.6) is 0 Å². The fourth-order valence-electron chi connectivity index (χ4n) is 1.62. The monoisotopic (exact) mass is 167 g/mol. The summed E-state index contributed by atoms with van der Waals surface area (Å²) in [5.74, 6) is 2.14. The van der Waals surface area contributed by atoms with E-state index in [9.17, 15) is 0 Å². The molecule has 0 unspecified atom stereocenters. The Hall–Kier alpha value is -0.800. The first-order chi connectivity index (χ1) is 5.90. The predicted molar refractivity (Wildman–Crippen MR) is 44.6 cm³/mol. The minimum atomic E-state index is 0.656. The zero-order chi connectivity index (χ0) is 8.39. The molecule has 1 heterocycles. The third kappa shape index (κ3) is 1.38. The van der Waals surface area contributed by atoms with Crippen molar-refractivity contribution in [2.75, 3.05) is 7.11 Å². The van der Waals surface area contributed by atoms with Crippen molar-refractivity contribution in [1.29, 1.82) is 0 Å². The highest BCUT2D eigenvalue weighted by molar-refractivity contribution is 5.25. The van der Waals surface area contributed by atoms with Crippen LogP contribution in [-0.2, 0) is 24.2 Å². The fraction of sp³-hybridized carbons (Fsp3) is 0.556. The lowest BCUT2D eigenvalue weighted by molar-refractivity contribution is 0.0815. The van der Waals surface area contributed by atoms with Crippen LogP contribution in [0.2, 0.25) is 0 Å². The molecule has 1 aromatic rings. The summed E-state index contributed by atoms with van der Waals surface area (Å²) < 4.78 is 5.59. The summed E-state index contributed by atoms with van der Waals surface area (Å²) in [7, 11) is 1.61. The Bertz CT molecular complexity index is 246. The number of furan rings is 1. The number of hydrogen-bond donors (Lipinski definition) is 1. The quantitative estimate of drug-likeness (QED) is 0.691. The highest BCUT2D eigenvalue weighted by Crippen LogP contribution is 2.25. The molecule has 0 atom stereocenters. The highest BCUT2D eigenvalue weighted by atomic mass is 16.6. The van der Waals surface area contributed by atoms with Gasteiger partial charge in [0.05, 0.1) is 13.7 Å². The summed E-state index contributed by atoms with van der Waals surface area (Å²) in [6.45, 7) is 0.656. The largest absolute Gasteiger partial charge is 0.464 e. The maximum atomic E-state index is 5.59. The Morgan fingerprint density at radius 1 is 1.58 bits per heavy atom. The first-order valence-electron chi connectivity index (χ1n) is 4.26. The average molecular weight is 167 g/mol. The summed E-state index contributed by atoms with van der Waals surface area (Å²) >= 11 is 0. The number of hydroxylamine groups is 1. The van der Waals surface area contributed by atoms with Crippen LogP contribution in [-0.4, -0.2) is 7.11 Å². The van der Waals surface area contributed by atoms with Crippen molar-refractivity contribution >= 4 is 0 Å². The van der Waals surface area contributed by atoms with Gasteiger partial charge in [0.2, 0.25) is 0 Å². The van der Waals surface area contributed by atoms with E-state index in [1.807, 2.05) is 0 Å². The van der Waals surface area contributed by atoms with Gasteiger partial charge < -0.3 is 9.25 Å².